The largest absolute Gasteiger partial charge is 0.370 e. The van der Waals surface area contributed by atoms with Crippen LogP contribution < -0.4 is 5.32 Å². The highest BCUT2D eigenvalue weighted by Gasteiger charge is 2.35. The van der Waals surface area contributed by atoms with Gasteiger partial charge in [-0.25, -0.2) is 13.4 Å². The molecule has 3 rings (SSSR count). The van der Waals surface area contributed by atoms with Gasteiger partial charge >= 0.3 is 0 Å². The number of nitrogens with zero attached hydrogens (tertiary/aromatic N) is 1. The van der Waals surface area contributed by atoms with Gasteiger partial charge in [0, 0.05) is 18.2 Å². The first-order valence-electron chi connectivity index (χ1n) is 6.81. The van der Waals surface area contributed by atoms with Gasteiger partial charge in [-0.1, -0.05) is 18.2 Å². The van der Waals surface area contributed by atoms with E-state index in [1.54, 1.807) is 0 Å². The lowest BCUT2D eigenvalue weighted by Crippen LogP contribution is -2.38. The average molecular weight is 290 g/mol. The molecule has 20 heavy (non-hydrogen) atoms. The van der Waals surface area contributed by atoms with Crippen molar-refractivity contribution in [2.75, 3.05) is 18.1 Å². The van der Waals surface area contributed by atoms with Crippen LogP contribution >= 0.6 is 0 Å². The van der Waals surface area contributed by atoms with Gasteiger partial charge in [-0.3, -0.25) is 0 Å². The third-order valence-corrected chi connectivity index (χ3v) is 5.56. The van der Waals surface area contributed by atoms with Crippen LogP contribution in [0.5, 0.6) is 0 Å². The SMILES string of the molecule is CS(=O)(=O)C1CC(CNc2ccc3ccccc3n2)C1. The van der Waals surface area contributed by atoms with Gasteiger partial charge in [-0.05, 0) is 37.0 Å². The van der Waals surface area contributed by atoms with E-state index in [-0.39, 0.29) is 5.25 Å². The van der Waals surface area contributed by atoms with E-state index in [4.69, 9.17) is 0 Å². The fourth-order valence-electron chi connectivity index (χ4n) is 2.60. The summed E-state index contributed by atoms with van der Waals surface area (Å²) in [7, 11) is -2.85. The minimum atomic E-state index is -2.85. The molecule has 2 aromatic rings. The monoisotopic (exact) mass is 290 g/mol. The van der Waals surface area contributed by atoms with Gasteiger partial charge in [0.15, 0.2) is 0 Å². The molecule has 0 bridgehead atoms. The topological polar surface area (TPSA) is 59.1 Å². The molecule has 0 amide bonds. The Morgan fingerprint density at radius 2 is 1.95 bits per heavy atom. The highest BCUT2D eigenvalue weighted by Crippen LogP contribution is 2.32. The lowest BCUT2D eigenvalue weighted by Gasteiger charge is -2.34. The summed E-state index contributed by atoms with van der Waals surface area (Å²) in [5.74, 6) is 1.29. The Balaban J connectivity index is 1.59. The van der Waals surface area contributed by atoms with Crippen LogP contribution in [0.3, 0.4) is 0 Å². The molecule has 4 nitrogen and oxygen atoms in total. The number of hydrogen-bond donors (Lipinski definition) is 1. The van der Waals surface area contributed by atoms with Gasteiger partial charge in [-0.15, -0.1) is 0 Å². The number of pyridine rings is 1. The molecule has 1 aliphatic carbocycles. The maximum Gasteiger partial charge on any atom is 0.150 e. The first-order chi connectivity index (χ1) is 9.52. The van der Waals surface area contributed by atoms with Gasteiger partial charge in [0.2, 0.25) is 0 Å². The van der Waals surface area contributed by atoms with Gasteiger partial charge in [0.1, 0.15) is 15.7 Å². The summed E-state index contributed by atoms with van der Waals surface area (Å²) >= 11 is 0. The molecule has 106 valence electrons. The van der Waals surface area contributed by atoms with Crippen LogP contribution in [0.15, 0.2) is 36.4 Å². The van der Waals surface area contributed by atoms with Crippen molar-refractivity contribution in [3.63, 3.8) is 0 Å². The number of aromatic nitrogens is 1. The van der Waals surface area contributed by atoms with Crippen LogP contribution in [0.25, 0.3) is 10.9 Å². The number of para-hydroxylation sites is 1. The molecule has 0 radical (unpaired) electrons. The first-order valence-corrected chi connectivity index (χ1v) is 8.76. The summed E-state index contributed by atoms with van der Waals surface area (Å²) in [6.45, 7) is 0.789. The Hall–Kier alpha value is -1.62. The number of benzene rings is 1. The number of fused-ring (bicyclic) bond motifs is 1. The van der Waals surface area contributed by atoms with Crippen LogP contribution in [-0.4, -0.2) is 31.5 Å². The van der Waals surface area contributed by atoms with Crippen LogP contribution in [0.2, 0.25) is 0 Å². The predicted octanol–water partition coefficient (Wildman–Crippen LogP) is 2.47. The fraction of sp³-hybridized carbons (Fsp3) is 0.400. The van der Waals surface area contributed by atoms with Gasteiger partial charge in [-0.2, -0.15) is 0 Å². The Morgan fingerprint density at radius 1 is 1.20 bits per heavy atom. The van der Waals surface area contributed by atoms with Crippen molar-refractivity contribution in [3.05, 3.63) is 36.4 Å². The maximum absolute atomic E-state index is 11.3. The Labute approximate surface area is 119 Å². The maximum atomic E-state index is 11.3. The van der Waals surface area contributed by atoms with Crippen molar-refractivity contribution >= 4 is 26.6 Å². The van der Waals surface area contributed by atoms with Gasteiger partial charge in [0.25, 0.3) is 0 Å². The predicted molar refractivity (Wildman–Crippen MR) is 81.6 cm³/mol. The van der Waals surface area contributed by atoms with Crippen molar-refractivity contribution in [2.24, 2.45) is 5.92 Å². The zero-order valence-corrected chi connectivity index (χ0v) is 12.2. The van der Waals surface area contributed by atoms with E-state index in [2.05, 4.69) is 10.3 Å². The van der Waals surface area contributed by atoms with E-state index in [1.165, 1.54) is 6.26 Å². The normalized spacial score (nSPS) is 22.4. The Kier molecular flexibility index (Phi) is 3.38. The van der Waals surface area contributed by atoms with E-state index < -0.39 is 9.84 Å². The summed E-state index contributed by atoms with van der Waals surface area (Å²) in [5.41, 5.74) is 0.972. The van der Waals surface area contributed by atoms with Crippen molar-refractivity contribution in [1.29, 1.82) is 0 Å². The lowest BCUT2D eigenvalue weighted by molar-refractivity contribution is 0.333. The Bertz CT molecular complexity index is 721. The third-order valence-electron chi connectivity index (χ3n) is 3.97. The Morgan fingerprint density at radius 3 is 2.70 bits per heavy atom. The zero-order chi connectivity index (χ0) is 14.2. The van der Waals surface area contributed by atoms with Crippen LogP contribution in [0, 0.1) is 5.92 Å². The molecule has 5 heteroatoms. The number of rotatable bonds is 4. The van der Waals surface area contributed by atoms with Crippen molar-refractivity contribution in [1.82, 2.24) is 4.98 Å². The standard InChI is InChI=1S/C15H18N2O2S/c1-20(18,19)13-8-11(9-13)10-16-15-7-6-12-4-2-3-5-14(12)17-15/h2-7,11,13H,8-10H2,1H3,(H,16,17). The number of sulfone groups is 1. The lowest BCUT2D eigenvalue weighted by atomic mass is 9.85. The van der Waals surface area contributed by atoms with E-state index in [0.29, 0.717) is 5.92 Å². The summed E-state index contributed by atoms with van der Waals surface area (Å²) in [6, 6.07) is 12.0. The molecule has 0 saturated heterocycles. The van der Waals surface area contributed by atoms with Crippen molar-refractivity contribution in [3.8, 4) is 0 Å². The van der Waals surface area contributed by atoms with E-state index in [1.807, 2.05) is 36.4 Å². The molecule has 1 aliphatic rings. The molecule has 0 unspecified atom stereocenters. The van der Waals surface area contributed by atoms with Crippen molar-refractivity contribution in [2.45, 2.75) is 18.1 Å². The number of hydrogen-bond acceptors (Lipinski definition) is 4. The van der Waals surface area contributed by atoms with E-state index in [0.717, 1.165) is 36.1 Å². The van der Waals surface area contributed by atoms with Crippen molar-refractivity contribution < 1.29 is 8.42 Å². The molecule has 0 atom stereocenters. The number of anilines is 1. The highest BCUT2D eigenvalue weighted by atomic mass is 32.2. The van der Waals surface area contributed by atoms with Crippen LogP contribution in [-0.2, 0) is 9.84 Å². The number of nitrogens with one attached hydrogen (secondary N) is 1. The van der Waals surface area contributed by atoms with E-state index in [9.17, 15) is 8.42 Å². The fourth-order valence-corrected chi connectivity index (χ4v) is 3.85. The first kappa shape index (κ1) is 13.4. The molecule has 1 aromatic heterocycles. The van der Waals surface area contributed by atoms with Crippen LogP contribution in [0.4, 0.5) is 5.82 Å². The summed E-state index contributed by atoms with van der Waals surface area (Å²) < 4.78 is 22.7. The third kappa shape index (κ3) is 2.77. The molecule has 1 fully saturated rings. The molecule has 0 spiro atoms. The molecule has 0 aliphatic heterocycles. The average Bonchev–Trinajstić information content (AvgIpc) is 2.35. The van der Waals surface area contributed by atoms with Gasteiger partial charge in [0.05, 0.1) is 10.8 Å². The quantitative estimate of drug-likeness (QED) is 0.939. The van der Waals surface area contributed by atoms with Gasteiger partial charge < -0.3 is 5.32 Å². The minimum Gasteiger partial charge on any atom is -0.370 e. The molecule has 1 heterocycles. The highest BCUT2D eigenvalue weighted by molar-refractivity contribution is 7.91. The second kappa shape index (κ2) is 5.05. The summed E-state index contributed by atoms with van der Waals surface area (Å²) in [4.78, 5) is 4.54. The molecular formula is C15H18N2O2S. The molecule has 1 saturated carbocycles. The second-order valence-corrected chi connectivity index (χ2v) is 7.88. The smallest absolute Gasteiger partial charge is 0.150 e. The summed E-state index contributed by atoms with van der Waals surface area (Å²) in [6.07, 6.45) is 2.85. The molecule has 1 N–H and O–H groups in total. The minimum absolute atomic E-state index is 0.140. The summed E-state index contributed by atoms with van der Waals surface area (Å²) in [5, 5.41) is 4.29. The van der Waals surface area contributed by atoms with E-state index >= 15 is 0 Å². The second-order valence-electron chi connectivity index (χ2n) is 5.56. The van der Waals surface area contributed by atoms with Crippen LogP contribution in [0.1, 0.15) is 12.8 Å². The zero-order valence-electron chi connectivity index (χ0n) is 11.4. The molecule has 1 aromatic carbocycles. The molecular weight excluding hydrogens is 272 g/mol.